The first kappa shape index (κ1) is 58.3. The van der Waals surface area contributed by atoms with Crippen LogP contribution in [0, 0.1) is 53.3 Å². The van der Waals surface area contributed by atoms with Crippen molar-refractivity contribution in [2.45, 2.75) is 139 Å². The third-order valence-electron chi connectivity index (χ3n) is 18.8. The van der Waals surface area contributed by atoms with Crippen molar-refractivity contribution in [3.8, 4) is 17.2 Å². The highest BCUT2D eigenvalue weighted by molar-refractivity contribution is 5.54. The molecule has 13 rings (SSSR count). The topological polar surface area (TPSA) is 159 Å². The molecular formula is C61H98O16. The fourth-order valence-electron chi connectivity index (χ4n) is 16.9. The molecule has 12 fully saturated rings. The Kier molecular flexibility index (Phi) is 22.6. The normalized spacial score (nSPS) is 33.0. The molecule has 0 aromatic heterocycles. The van der Waals surface area contributed by atoms with E-state index in [1.165, 1.54) is 116 Å². The number of benzene rings is 1. The molecule has 12 bridgehead atoms. The summed E-state index contributed by atoms with van der Waals surface area (Å²) < 4.78 is 90.4. The van der Waals surface area contributed by atoms with Crippen molar-refractivity contribution in [2.24, 2.45) is 53.3 Å². The van der Waals surface area contributed by atoms with Crippen molar-refractivity contribution in [1.82, 2.24) is 0 Å². The first-order chi connectivity index (χ1) is 37.9. The Morgan fingerprint density at radius 1 is 0.286 bits per heavy atom. The van der Waals surface area contributed by atoms with Crippen molar-refractivity contribution in [3.05, 3.63) is 17.7 Å². The molecule has 16 heteroatoms. The number of aliphatic hydroxyl groups excluding tert-OH is 1. The van der Waals surface area contributed by atoms with Crippen molar-refractivity contribution in [2.75, 3.05) is 159 Å². The Hall–Kier alpha value is -1.90. The van der Waals surface area contributed by atoms with Gasteiger partial charge in [0.1, 0.15) is 19.8 Å². The van der Waals surface area contributed by atoms with Crippen LogP contribution >= 0.6 is 0 Å². The molecule has 1 N–H and O–H groups in total. The van der Waals surface area contributed by atoms with E-state index >= 15 is 0 Å². The van der Waals surface area contributed by atoms with Crippen molar-refractivity contribution < 1.29 is 76.2 Å². The van der Waals surface area contributed by atoms with Crippen molar-refractivity contribution in [1.29, 1.82) is 0 Å². The van der Waals surface area contributed by atoms with Crippen LogP contribution in [0.25, 0.3) is 0 Å². The van der Waals surface area contributed by atoms with Gasteiger partial charge in [0.05, 0.1) is 162 Å². The van der Waals surface area contributed by atoms with Gasteiger partial charge in [-0.1, -0.05) is 0 Å². The molecule has 0 aliphatic heterocycles. The molecule has 0 unspecified atom stereocenters. The van der Waals surface area contributed by atoms with Gasteiger partial charge in [-0.3, -0.25) is 0 Å². The molecule has 0 amide bonds. The average Bonchev–Trinajstić information content (AvgIpc) is 3.40. The molecule has 12 saturated carbocycles. The monoisotopic (exact) mass is 1090 g/mol. The molecule has 16 nitrogen and oxygen atoms in total. The van der Waals surface area contributed by atoms with Gasteiger partial charge in [0.25, 0.3) is 0 Å². The van der Waals surface area contributed by atoms with Crippen LogP contribution in [0.5, 0.6) is 17.2 Å². The standard InChI is InChI=1S/C61H98O16/c62-45-55-34-56(72-19-13-66-7-1-63-4-10-69-16-22-75-59-36-46-25-47(37-59)27-48(26-46)38-59)58(74-21-15-68-9-3-65-6-12-71-18-24-77-61-42-52-31-53(43-61)33-54(32-52)44-61)57(35-55)73-20-14-67-8-2-64-5-11-70-17-23-76-60-39-49-28-50(40-60)30-51(29-49)41-60/h34-35,46-54,62H,1-33,36-45H2. The highest BCUT2D eigenvalue weighted by Crippen LogP contribution is 2.59. The largest absolute Gasteiger partial charge is 0.487 e. The van der Waals surface area contributed by atoms with Gasteiger partial charge >= 0.3 is 0 Å². The zero-order valence-corrected chi connectivity index (χ0v) is 46.8. The Balaban J connectivity index is 0.571. The van der Waals surface area contributed by atoms with Crippen molar-refractivity contribution in [3.63, 3.8) is 0 Å². The van der Waals surface area contributed by atoms with Crippen LogP contribution in [0.2, 0.25) is 0 Å². The maximum Gasteiger partial charge on any atom is 0.203 e. The molecule has 0 atom stereocenters. The second-order valence-corrected chi connectivity index (χ2v) is 25.0. The van der Waals surface area contributed by atoms with E-state index in [-0.39, 0.29) is 43.2 Å². The van der Waals surface area contributed by atoms with Gasteiger partial charge in [-0.05, 0) is 187 Å². The van der Waals surface area contributed by atoms with E-state index in [1.807, 2.05) is 0 Å². The zero-order chi connectivity index (χ0) is 52.4. The minimum Gasteiger partial charge on any atom is -0.487 e. The predicted octanol–water partition coefficient (Wildman–Crippen LogP) is 8.42. The summed E-state index contributed by atoms with van der Waals surface area (Å²) in [6.45, 7) is 11.1. The summed E-state index contributed by atoms with van der Waals surface area (Å²) in [5, 5.41) is 10.2. The first-order valence-electron chi connectivity index (χ1n) is 30.7. The van der Waals surface area contributed by atoms with E-state index in [2.05, 4.69) is 0 Å². The second kappa shape index (κ2) is 29.9. The Labute approximate surface area is 460 Å². The van der Waals surface area contributed by atoms with Crippen LogP contribution in [0.1, 0.15) is 121 Å². The van der Waals surface area contributed by atoms with Gasteiger partial charge in [0, 0.05) is 0 Å². The molecule has 1 aromatic carbocycles. The third-order valence-corrected chi connectivity index (χ3v) is 18.8. The molecule has 0 saturated heterocycles. The summed E-state index contributed by atoms with van der Waals surface area (Å²) in [7, 11) is 0. The lowest BCUT2D eigenvalue weighted by Crippen LogP contribution is -2.52. The fraction of sp³-hybridized carbons (Fsp3) is 0.902. The number of aliphatic hydroxyl groups is 1. The van der Waals surface area contributed by atoms with Gasteiger partial charge in [-0.2, -0.15) is 0 Å². The zero-order valence-electron chi connectivity index (χ0n) is 46.8. The highest BCUT2D eigenvalue weighted by atomic mass is 16.6. The average molecular weight is 1090 g/mol. The Morgan fingerprint density at radius 2 is 0.494 bits per heavy atom. The molecule has 0 heterocycles. The van der Waals surface area contributed by atoms with Crippen LogP contribution in [0.4, 0.5) is 0 Å². The van der Waals surface area contributed by atoms with Crippen LogP contribution in [-0.2, 0) is 63.4 Å². The minimum absolute atomic E-state index is 0.123. The lowest BCUT2D eigenvalue weighted by molar-refractivity contribution is -0.169. The highest BCUT2D eigenvalue weighted by Gasteiger charge is 2.54. The third kappa shape index (κ3) is 17.6. The number of rotatable bonds is 43. The molecule has 438 valence electrons. The van der Waals surface area contributed by atoms with E-state index in [0.29, 0.717) is 162 Å². The molecule has 0 spiro atoms. The molecule has 77 heavy (non-hydrogen) atoms. The smallest absolute Gasteiger partial charge is 0.203 e. The number of hydrogen-bond donors (Lipinski definition) is 1. The van der Waals surface area contributed by atoms with E-state index < -0.39 is 0 Å². The lowest BCUT2D eigenvalue weighted by atomic mass is 9.54. The summed E-state index contributed by atoms with van der Waals surface area (Å²) in [4.78, 5) is 0. The summed E-state index contributed by atoms with van der Waals surface area (Å²) in [5.41, 5.74) is 0.997. The van der Waals surface area contributed by atoms with E-state index in [4.69, 9.17) is 71.1 Å². The Bertz CT molecular complexity index is 1670. The Morgan fingerprint density at radius 3 is 0.727 bits per heavy atom. The summed E-state index contributed by atoms with van der Waals surface area (Å²) >= 11 is 0. The summed E-state index contributed by atoms with van der Waals surface area (Å²) in [6.07, 6.45) is 24.0. The molecule has 12 aliphatic carbocycles. The predicted molar refractivity (Wildman–Crippen MR) is 287 cm³/mol. The molecule has 1 aromatic rings. The molecular weight excluding hydrogens is 989 g/mol. The quantitative estimate of drug-likeness (QED) is 0.0621. The molecule has 0 radical (unpaired) electrons. The number of hydrogen-bond acceptors (Lipinski definition) is 16. The van der Waals surface area contributed by atoms with Gasteiger partial charge in [0.2, 0.25) is 5.75 Å². The maximum atomic E-state index is 10.2. The van der Waals surface area contributed by atoms with Gasteiger partial charge in [-0.25, -0.2) is 0 Å². The van der Waals surface area contributed by atoms with Crippen LogP contribution < -0.4 is 14.2 Å². The van der Waals surface area contributed by atoms with Gasteiger partial charge in [0.15, 0.2) is 11.5 Å². The van der Waals surface area contributed by atoms with E-state index in [0.717, 1.165) is 53.3 Å². The van der Waals surface area contributed by atoms with E-state index in [9.17, 15) is 5.11 Å². The minimum atomic E-state index is -0.198. The van der Waals surface area contributed by atoms with E-state index in [1.54, 1.807) is 12.1 Å². The fourth-order valence-corrected chi connectivity index (χ4v) is 16.9. The van der Waals surface area contributed by atoms with Crippen molar-refractivity contribution >= 4 is 0 Å². The summed E-state index contributed by atoms with van der Waals surface area (Å²) in [5.74, 6) is 9.25. The first-order valence-corrected chi connectivity index (χ1v) is 30.7. The SMILES string of the molecule is OCc1cc(OCCOCCOCCOCCOC23CC4CC(CC(C4)C2)C3)c(OCCOCCOCCOCCOC23CC4CC(CC(C4)C2)C3)c(OCCOCCOCCOCCOC23CC4CC(CC(C4)C2)C3)c1. The van der Waals surface area contributed by atoms with Crippen LogP contribution in [0.15, 0.2) is 12.1 Å². The van der Waals surface area contributed by atoms with Crippen LogP contribution in [0.3, 0.4) is 0 Å². The second-order valence-electron chi connectivity index (χ2n) is 25.0. The number of ether oxygens (including phenoxy) is 15. The van der Waals surface area contributed by atoms with Crippen LogP contribution in [-0.4, -0.2) is 180 Å². The maximum absolute atomic E-state index is 10.2. The summed E-state index contributed by atoms with van der Waals surface area (Å²) in [6, 6.07) is 3.53. The van der Waals surface area contributed by atoms with Gasteiger partial charge < -0.3 is 76.2 Å². The lowest BCUT2D eigenvalue weighted by Gasteiger charge is -2.56. The van der Waals surface area contributed by atoms with Gasteiger partial charge in [-0.15, -0.1) is 0 Å². The molecule has 12 aliphatic rings.